The Bertz CT molecular complexity index is 14.4. The Morgan fingerprint density at radius 3 is 1.40 bits per heavy atom. The molecule has 0 atom stereocenters. The smallest absolute Gasteiger partial charge is 0.0125 e. The molecule has 32 valence electrons. The van der Waals surface area contributed by atoms with Crippen LogP contribution in [0.1, 0.15) is 0 Å². The van der Waals surface area contributed by atoms with Crippen LogP contribution in [0.25, 0.3) is 0 Å². The average Bonchev–Trinajstić information content (AvgIpc) is 0.811. The van der Waals surface area contributed by atoms with Gasteiger partial charge in [0.1, 0.15) is 0 Å². The van der Waals surface area contributed by atoms with E-state index >= 15 is 0 Å². The van der Waals surface area contributed by atoms with Crippen molar-refractivity contribution in [3.63, 3.8) is 0 Å². The van der Waals surface area contributed by atoms with Crippen LogP contribution in [0.5, 0.6) is 0 Å². The van der Waals surface area contributed by atoms with Crippen molar-refractivity contribution in [2.75, 3.05) is 0 Å². The summed E-state index contributed by atoms with van der Waals surface area (Å²) in [4.78, 5) is 4.26. The van der Waals surface area contributed by atoms with Gasteiger partial charge in [0.15, 0.2) is 0 Å². The van der Waals surface area contributed by atoms with Crippen LogP contribution in [0.3, 0.4) is 0 Å². The van der Waals surface area contributed by atoms with Crippen LogP contribution in [0.2, 0.25) is 9.88 Å². The second-order valence-electron chi connectivity index (χ2n) is 0.878. The Labute approximate surface area is 48.4 Å². The molecule has 3 heteroatoms. The van der Waals surface area contributed by atoms with Gasteiger partial charge in [-0.2, -0.15) is 0 Å². The van der Waals surface area contributed by atoms with E-state index in [1.807, 2.05) is 0 Å². The fourth-order valence-electron chi connectivity index (χ4n) is 0. The Morgan fingerprint density at radius 2 is 1.40 bits per heavy atom. The van der Waals surface area contributed by atoms with E-state index in [0.717, 1.165) is 0 Å². The first-order chi connectivity index (χ1) is 1.73. The maximum atomic E-state index is 5.47. The van der Waals surface area contributed by atoms with Crippen LogP contribution < -0.4 is 0 Å². The van der Waals surface area contributed by atoms with E-state index < -0.39 is 18.6 Å². The third-order valence-electron chi connectivity index (χ3n) is 0. The SMILES string of the molecule is [CH3][Sn]([CH3])[Cl].[SiH3]. The molecule has 0 nitrogen and oxygen atoms in total. The predicted octanol–water partition coefficient (Wildman–Crippen LogP) is 0.292. The van der Waals surface area contributed by atoms with Gasteiger partial charge in [-0.15, -0.1) is 0 Å². The molecule has 0 saturated heterocycles. The molecular formula is C2H9ClSiSn. The Morgan fingerprint density at radius 1 is 1.40 bits per heavy atom. The molecule has 0 aromatic carbocycles. The van der Waals surface area contributed by atoms with E-state index in [4.69, 9.17) is 8.92 Å². The molecule has 0 rings (SSSR count). The molecule has 0 amide bonds. The maximum Gasteiger partial charge on any atom is -0.0125 e. The van der Waals surface area contributed by atoms with Crippen LogP contribution in [0.4, 0.5) is 0 Å². The number of hydrogen-bond acceptors (Lipinski definition) is 0. The van der Waals surface area contributed by atoms with E-state index in [1.165, 1.54) is 0 Å². The van der Waals surface area contributed by atoms with Crippen molar-refractivity contribution in [1.29, 1.82) is 0 Å². The van der Waals surface area contributed by atoms with Gasteiger partial charge in [0, 0.05) is 0 Å². The Balaban J connectivity index is 0. The van der Waals surface area contributed by atoms with E-state index in [-0.39, 0.29) is 11.0 Å². The largest absolute Gasteiger partial charge is 0.0125 e. The minimum absolute atomic E-state index is 0. The molecule has 0 unspecified atom stereocenters. The summed E-state index contributed by atoms with van der Waals surface area (Å²) < 4.78 is 0. The number of hydrogen-bond donors (Lipinski definition) is 0. The zero-order chi connectivity index (χ0) is 3.58. The predicted molar refractivity (Wildman–Crippen MR) is 33.3 cm³/mol. The summed E-state index contributed by atoms with van der Waals surface area (Å²) >= 11 is -1.07. The first-order valence-electron chi connectivity index (χ1n) is 1.19. The normalized spacial score (nSPS) is 7.20. The van der Waals surface area contributed by atoms with Gasteiger partial charge in [-0.1, -0.05) is 0 Å². The van der Waals surface area contributed by atoms with Crippen molar-refractivity contribution >= 4 is 38.5 Å². The summed E-state index contributed by atoms with van der Waals surface area (Å²) in [7, 11) is 5.47. The van der Waals surface area contributed by atoms with Crippen molar-refractivity contribution in [3.05, 3.63) is 0 Å². The molecular weight excluding hydrogens is 206 g/mol. The fraction of sp³-hybridized carbons (Fsp3) is 1.00. The summed E-state index contributed by atoms with van der Waals surface area (Å²) in [5.74, 6) is 0. The van der Waals surface area contributed by atoms with Crippen molar-refractivity contribution in [3.8, 4) is 0 Å². The van der Waals surface area contributed by atoms with E-state index in [2.05, 4.69) is 9.88 Å². The Hall–Kier alpha value is 1.31. The van der Waals surface area contributed by atoms with Gasteiger partial charge in [0.25, 0.3) is 0 Å². The summed E-state index contributed by atoms with van der Waals surface area (Å²) in [6, 6.07) is 0. The van der Waals surface area contributed by atoms with E-state index in [9.17, 15) is 0 Å². The summed E-state index contributed by atoms with van der Waals surface area (Å²) in [5.41, 5.74) is 0. The molecule has 2 radical (unpaired) electrons. The van der Waals surface area contributed by atoms with Crippen LogP contribution in [0.15, 0.2) is 0 Å². The van der Waals surface area contributed by atoms with Crippen molar-refractivity contribution in [1.82, 2.24) is 0 Å². The third kappa shape index (κ3) is 34.0. The second-order valence-corrected chi connectivity index (χ2v) is 11.0. The van der Waals surface area contributed by atoms with Crippen LogP contribution in [-0.4, -0.2) is 29.6 Å². The minimum Gasteiger partial charge on any atom is -0.0125 e. The van der Waals surface area contributed by atoms with Gasteiger partial charge in [-0.25, -0.2) is 0 Å². The first kappa shape index (κ1) is 9.57. The number of rotatable bonds is 0. The van der Waals surface area contributed by atoms with Gasteiger partial charge in [0.2, 0.25) is 0 Å². The van der Waals surface area contributed by atoms with Crippen LogP contribution in [-0.2, 0) is 0 Å². The maximum absolute atomic E-state index is 5.47. The molecule has 0 aliphatic carbocycles. The standard InChI is InChI=1S/2CH3.ClH.H3Si.Sn/h2*1H3;1H;1H3;/q;;;;+1/p-1. The van der Waals surface area contributed by atoms with Crippen molar-refractivity contribution in [2.24, 2.45) is 0 Å². The summed E-state index contributed by atoms with van der Waals surface area (Å²) in [6.07, 6.45) is 0. The molecule has 0 aromatic heterocycles. The molecule has 0 heterocycles. The van der Waals surface area contributed by atoms with Crippen molar-refractivity contribution in [2.45, 2.75) is 9.88 Å². The average molecular weight is 215 g/mol. The number of halogens is 1. The monoisotopic (exact) mass is 216 g/mol. The van der Waals surface area contributed by atoms with Gasteiger partial charge in [-0.3, -0.25) is 0 Å². The molecule has 0 aliphatic rings. The zero-order valence-corrected chi connectivity index (χ0v) is 9.49. The molecule has 0 aromatic rings. The van der Waals surface area contributed by atoms with Crippen molar-refractivity contribution < 1.29 is 0 Å². The molecule has 0 aliphatic heterocycles. The fourth-order valence-corrected chi connectivity index (χ4v) is 0. The molecule has 0 N–H and O–H groups in total. The molecule has 0 saturated carbocycles. The summed E-state index contributed by atoms with van der Waals surface area (Å²) in [5, 5.41) is 0. The third-order valence-corrected chi connectivity index (χ3v) is 0. The molecule has 5 heavy (non-hydrogen) atoms. The Kier molecular flexibility index (Phi) is 10.2. The summed E-state index contributed by atoms with van der Waals surface area (Å²) in [6.45, 7) is 0. The van der Waals surface area contributed by atoms with Crippen LogP contribution in [0, 0.1) is 0 Å². The van der Waals surface area contributed by atoms with Gasteiger partial charge in [-0.05, 0) is 11.0 Å². The minimum atomic E-state index is -1.07. The van der Waals surface area contributed by atoms with E-state index in [1.54, 1.807) is 0 Å². The zero-order valence-electron chi connectivity index (χ0n) is 3.88. The molecule has 0 bridgehead atoms. The second kappa shape index (κ2) is 5.31. The van der Waals surface area contributed by atoms with E-state index in [0.29, 0.717) is 0 Å². The van der Waals surface area contributed by atoms with Crippen LogP contribution >= 0.6 is 8.92 Å². The molecule has 0 spiro atoms. The van der Waals surface area contributed by atoms with Gasteiger partial charge < -0.3 is 0 Å². The van der Waals surface area contributed by atoms with Gasteiger partial charge >= 0.3 is 37.4 Å². The quantitative estimate of drug-likeness (QED) is 0.510. The molecule has 0 fully saturated rings. The van der Waals surface area contributed by atoms with Gasteiger partial charge in [0.05, 0.1) is 0 Å². The topological polar surface area (TPSA) is 0 Å². The first-order valence-corrected chi connectivity index (χ1v) is 10.5.